The molecular weight excluding hydrogens is 168 g/mol. The van der Waals surface area contributed by atoms with Crippen LogP contribution < -0.4 is 0 Å². The van der Waals surface area contributed by atoms with Gasteiger partial charge in [0.25, 0.3) is 0 Å². The van der Waals surface area contributed by atoms with Gasteiger partial charge in [0.05, 0.1) is 12.7 Å². The van der Waals surface area contributed by atoms with Gasteiger partial charge in [-0.2, -0.15) is 0 Å². The Morgan fingerprint density at radius 1 is 1.69 bits per heavy atom. The predicted molar refractivity (Wildman–Crippen MR) is 49.5 cm³/mol. The molecule has 0 aromatic carbocycles. The van der Waals surface area contributed by atoms with Crippen LogP contribution in [0.2, 0.25) is 0 Å². The molecule has 0 spiro atoms. The summed E-state index contributed by atoms with van der Waals surface area (Å²) in [6.45, 7) is 4.84. The number of aliphatic carboxylic acids is 1. The average Bonchev–Trinajstić information content (AvgIpc) is 2.03. The lowest BCUT2D eigenvalue weighted by Gasteiger charge is -2.27. The first kappa shape index (κ1) is 10.3. The van der Waals surface area contributed by atoms with E-state index in [4.69, 9.17) is 9.84 Å². The fourth-order valence-corrected chi connectivity index (χ4v) is 1.49. The second-order valence-electron chi connectivity index (χ2n) is 3.75. The molecular formula is C10H16O3. The third kappa shape index (κ3) is 3.19. The van der Waals surface area contributed by atoms with Gasteiger partial charge in [-0.15, -0.1) is 0 Å². The Labute approximate surface area is 78.4 Å². The molecule has 0 aromatic rings. The van der Waals surface area contributed by atoms with E-state index in [9.17, 15) is 4.79 Å². The molecule has 1 aliphatic heterocycles. The lowest BCUT2D eigenvalue weighted by molar-refractivity contribution is -0.131. The van der Waals surface area contributed by atoms with Crippen molar-refractivity contribution in [1.29, 1.82) is 0 Å². The summed E-state index contributed by atoms with van der Waals surface area (Å²) in [5.41, 5.74) is 0.998. The number of ether oxygens (including phenoxy) is 1. The van der Waals surface area contributed by atoms with Crippen LogP contribution in [0.25, 0.3) is 0 Å². The Hall–Kier alpha value is -0.830. The van der Waals surface area contributed by atoms with Crippen LogP contribution in [0.1, 0.15) is 26.7 Å². The van der Waals surface area contributed by atoms with Crippen molar-refractivity contribution in [3.05, 3.63) is 11.6 Å². The second-order valence-corrected chi connectivity index (χ2v) is 3.75. The minimum atomic E-state index is -0.848. The van der Waals surface area contributed by atoms with Crippen molar-refractivity contribution in [3.8, 4) is 0 Å². The van der Waals surface area contributed by atoms with Crippen LogP contribution in [0.3, 0.4) is 0 Å². The molecule has 13 heavy (non-hydrogen) atoms. The first-order chi connectivity index (χ1) is 6.09. The third-order valence-electron chi connectivity index (χ3n) is 2.29. The molecule has 1 rings (SSSR count). The van der Waals surface area contributed by atoms with E-state index in [1.807, 2.05) is 0 Å². The first-order valence-electron chi connectivity index (χ1n) is 4.63. The van der Waals surface area contributed by atoms with E-state index in [0.717, 1.165) is 18.4 Å². The Balaban J connectivity index is 2.56. The molecule has 0 radical (unpaired) electrons. The van der Waals surface area contributed by atoms with E-state index in [0.29, 0.717) is 12.5 Å². The number of carbonyl (C=O) groups is 1. The molecule has 0 saturated carbocycles. The Bertz CT molecular complexity index is 218. The zero-order valence-corrected chi connectivity index (χ0v) is 8.12. The summed E-state index contributed by atoms with van der Waals surface area (Å²) in [5.74, 6) is -0.392. The minimum absolute atomic E-state index is 0.194. The molecule has 1 saturated heterocycles. The van der Waals surface area contributed by atoms with Gasteiger partial charge in [0.2, 0.25) is 0 Å². The van der Waals surface area contributed by atoms with Gasteiger partial charge >= 0.3 is 5.97 Å². The Morgan fingerprint density at radius 3 is 2.92 bits per heavy atom. The minimum Gasteiger partial charge on any atom is -0.478 e. The van der Waals surface area contributed by atoms with Crippen molar-refractivity contribution in [1.82, 2.24) is 0 Å². The van der Waals surface area contributed by atoms with Crippen molar-refractivity contribution in [2.45, 2.75) is 32.8 Å². The standard InChI is InChI=1S/C10H16O3/c1-7(2)9-5-8(3-4-13-9)6-10(11)12/h6-7,9H,3-5H2,1-2H3,(H,11,12)/b8-6-. The molecule has 1 unspecified atom stereocenters. The van der Waals surface area contributed by atoms with Gasteiger partial charge < -0.3 is 9.84 Å². The molecule has 1 fully saturated rings. The molecule has 3 nitrogen and oxygen atoms in total. The van der Waals surface area contributed by atoms with Crippen LogP contribution in [-0.4, -0.2) is 23.8 Å². The highest BCUT2D eigenvalue weighted by atomic mass is 16.5. The van der Waals surface area contributed by atoms with E-state index in [-0.39, 0.29) is 6.10 Å². The molecule has 0 amide bonds. The summed E-state index contributed by atoms with van der Waals surface area (Å²) in [6.07, 6.45) is 3.04. The van der Waals surface area contributed by atoms with E-state index in [2.05, 4.69) is 13.8 Å². The highest BCUT2D eigenvalue weighted by molar-refractivity contribution is 5.80. The van der Waals surface area contributed by atoms with Gasteiger partial charge in [0.15, 0.2) is 0 Å². The van der Waals surface area contributed by atoms with Crippen molar-refractivity contribution in [3.63, 3.8) is 0 Å². The van der Waals surface area contributed by atoms with Crippen LogP contribution in [-0.2, 0) is 9.53 Å². The maximum absolute atomic E-state index is 10.4. The van der Waals surface area contributed by atoms with Gasteiger partial charge in [-0.25, -0.2) is 4.79 Å². The van der Waals surface area contributed by atoms with Gasteiger partial charge in [-0.1, -0.05) is 19.4 Å². The monoisotopic (exact) mass is 184 g/mol. The van der Waals surface area contributed by atoms with Crippen LogP contribution in [0.15, 0.2) is 11.6 Å². The summed E-state index contributed by atoms with van der Waals surface area (Å²) >= 11 is 0. The van der Waals surface area contributed by atoms with E-state index in [1.165, 1.54) is 6.08 Å². The molecule has 1 heterocycles. The second kappa shape index (κ2) is 4.42. The summed E-state index contributed by atoms with van der Waals surface area (Å²) in [5, 5.41) is 8.57. The largest absolute Gasteiger partial charge is 0.478 e. The summed E-state index contributed by atoms with van der Waals surface area (Å²) in [4.78, 5) is 10.4. The normalized spacial score (nSPS) is 26.7. The zero-order valence-electron chi connectivity index (χ0n) is 8.12. The average molecular weight is 184 g/mol. The molecule has 3 heteroatoms. The predicted octanol–water partition coefficient (Wildman–Crippen LogP) is 1.83. The van der Waals surface area contributed by atoms with Gasteiger partial charge in [-0.3, -0.25) is 0 Å². The summed E-state index contributed by atoms with van der Waals surface area (Å²) < 4.78 is 5.52. The van der Waals surface area contributed by atoms with Crippen molar-refractivity contribution < 1.29 is 14.6 Å². The van der Waals surface area contributed by atoms with Crippen molar-refractivity contribution in [2.75, 3.05) is 6.61 Å². The molecule has 0 aromatic heterocycles. The number of carboxylic acid groups (broad SMARTS) is 1. The fraction of sp³-hybridized carbons (Fsp3) is 0.700. The number of carboxylic acids is 1. The quantitative estimate of drug-likeness (QED) is 0.666. The van der Waals surface area contributed by atoms with Crippen LogP contribution in [0, 0.1) is 5.92 Å². The molecule has 1 aliphatic rings. The number of hydrogen-bond donors (Lipinski definition) is 1. The maximum atomic E-state index is 10.4. The van der Waals surface area contributed by atoms with E-state index in [1.54, 1.807) is 0 Å². The molecule has 0 aliphatic carbocycles. The zero-order chi connectivity index (χ0) is 9.84. The van der Waals surface area contributed by atoms with E-state index < -0.39 is 5.97 Å². The SMILES string of the molecule is CC(C)C1C/C(=C\C(=O)O)CCO1. The first-order valence-corrected chi connectivity index (χ1v) is 4.63. The lowest BCUT2D eigenvalue weighted by Crippen LogP contribution is -2.26. The van der Waals surface area contributed by atoms with Crippen molar-refractivity contribution >= 4 is 5.97 Å². The number of rotatable bonds is 2. The highest BCUT2D eigenvalue weighted by Crippen LogP contribution is 2.23. The Kier molecular flexibility index (Phi) is 3.48. The van der Waals surface area contributed by atoms with Crippen LogP contribution in [0.4, 0.5) is 0 Å². The lowest BCUT2D eigenvalue weighted by atomic mass is 9.95. The van der Waals surface area contributed by atoms with Crippen LogP contribution in [0.5, 0.6) is 0 Å². The summed E-state index contributed by atoms with van der Waals surface area (Å²) in [7, 11) is 0. The van der Waals surface area contributed by atoms with E-state index >= 15 is 0 Å². The van der Waals surface area contributed by atoms with Gasteiger partial charge in [-0.05, 0) is 18.8 Å². The molecule has 1 atom stereocenters. The molecule has 74 valence electrons. The number of hydrogen-bond acceptors (Lipinski definition) is 2. The van der Waals surface area contributed by atoms with Gasteiger partial charge in [0.1, 0.15) is 0 Å². The molecule has 0 bridgehead atoms. The topological polar surface area (TPSA) is 46.5 Å². The summed E-state index contributed by atoms with van der Waals surface area (Å²) in [6, 6.07) is 0. The molecule has 1 N–H and O–H groups in total. The smallest absolute Gasteiger partial charge is 0.328 e. The van der Waals surface area contributed by atoms with Crippen molar-refractivity contribution in [2.24, 2.45) is 5.92 Å². The Morgan fingerprint density at radius 2 is 2.38 bits per heavy atom. The third-order valence-corrected chi connectivity index (χ3v) is 2.29. The van der Waals surface area contributed by atoms with Gasteiger partial charge in [0, 0.05) is 6.08 Å². The fourth-order valence-electron chi connectivity index (χ4n) is 1.49. The maximum Gasteiger partial charge on any atom is 0.328 e. The van der Waals surface area contributed by atoms with Crippen LogP contribution >= 0.6 is 0 Å². The highest BCUT2D eigenvalue weighted by Gasteiger charge is 2.20.